The Bertz CT molecular complexity index is 174. The average Bonchev–Trinajstić information content (AvgIpc) is 2.36. The number of aliphatic hydroxyl groups is 1. The molecule has 0 saturated carbocycles. The highest BCUT2D eigenvalue weighted by molar-refractivity contribution is 5.75. The summed E-state index contributed by atoms with van der Waals surface area (Å²) in [5, 5.41) is 9.33. The SMILES string of the molecule is C/C=C/[C@@H](O)[C@H]1CCOC1=O. The highest BCUT2D eigenvalue weighted by atomic mass is 16.5. The van der Waals surface area contributed by atoms with Crippen LogP contribution in [-0.2, 0) is 9.53 Å². The molecule has 1 N–H and O–H groups in total. The van der Waals surface area contributed by atoms with Gasteiger partial charge in [-0.1, -0.05) is 12.2 Å². The Kier molecular flexibility index (Phi) is 2.65. The normalized spacial score (nSPS) is 27.5. The Morgan fingerprint density at radius 2 is 2.55 bits per heavy atom. The molecule has 0 amide bonds. The second-order valence-corrected chi connectivity index (χ2v) is 2.58. The Balaban J connectivity index is 2.52. The molecule has 0 spiro atoms. The fourth-order valence-corrected chi connectivity index (χ4v) is 1.15. The third-order valence-electron chi connectivity index (χ3n) is 1.78. The maximum absolute atomic E-state index is 10.9. The molecule has 1 fully saturated rings. The van der Waals surface area contributed by atoms with Crippen molar-refractivity contribution in [2.24, 2.45) is 5.92 Å². The highest BCUT2D eigenvalue weighted by Crippen LogP contribution is 2.18. The first-order chi connectivity index (χ1) is 5.25. The van der Waals surface area contributed by atoms with E-state index in [-0.39, 0.29) is 11.9 Å². The van der Waals surface area contributed by atoms with Crippen LogP contribution in [0.2, 0.25) is 0 Å². The lowest BCUT2D eigenvalue weighted by Gasteiger charge is -2.08. The maximum Gasteiger partial charge on any atom is 0.312 e. The van der Waals surface area contributed by atoms with Crippen LogP contribution in [0.4, 0.5) is 0 Å². The van der Waals surface area contributed by atoms with Crippen molar-refractivity contribution in [1.29, 1.82) is 0 Å². The van der Waals surface area contributed by atoms with E-state index in [0.717, 1.165) is 0 Å². The molecule has 0 aromatic heterocycles. The highest BCUT2D eigenvalue weighted by Gasteiger charge is 2.31. The van der Waals surface area contributed by atoms with Crippen LogP contribution in [-0.4, -0.2) is 23.8 Å². The van der Waals surface area contributed by atoms with Crippen molar-refractivity contribution in [3.05, 3.63) is 12.2 Å². The van der Waals surface area contributed by atoms with Crippen LogP contribution >= 0.6 is 0 Å². The predicted molar refractivity (Wildman–Crippen MR) is 39.9 cm³/mol. The molecule has 0 aromatic rings. The molecular weight excluding hydrogens is 144 g/mol. The van der Waals surface area contributed by atoms with Crippen molar-refractivity contribution in [2.75, 3.05) is 6.61 Å². The molecule has 0 radical (unpaired) electrons. The van der Waals surface area contributed by atoms with Crippen LogP contribution in [0.25, 0.3) is 0 Å². The topological polar surface area (TPSA) is 46.5 Å². The molecule has 0 aliphatic carbocycles. The largest absolute Gasteiger partial charge is 0.465 e. The summed E-state index contributed by atoms with van der Waals surface area (Å²) >= 11 is 0. The first kappa shape index (κ1) is 8.27. The quantitative estimate of drug-likeness (QED) is 0.467. The third kappa shape index (κ3) is 1.80. The van der Waals surface area contributed by atoms with Gasteiger partial charge in [0.2, 0.25) is 0 Å². The minimum atomic E-state index is -0.671. The summed E-state index contributed by atoms with van der Waals surface area (Å²) < 4.78 is 4.70. The van der Waals surface area contributed by atoms with Gasteiger partial charge in [0, 0.05) is 0 Å². The van der Waals surface area contributed by atoms with E-state index in [1.54, 1.807) is 12.2 Å². The van der Waals surface area contributed by atoms with Crippen molar-refractivity contribution in [3.63, 3.8) is 0 Å². The lowest BCUT2D eigenvalue weighted by atomic mass is 10.0. The molecule has 1 aliphatic rings. The van der Waals surface area contributed by atoms with Gasteiger partial charge in [-0.15, -0.1) is 0 Å². The zero-order valence-electron chi connectivity index (χ0n) is 6.49. The van der Waals surface area contributed by atoms with E-state index in [1.165, 1.54) is 0 Å². The van der Waals surface area contributed by atoms with Gasteiger partial charge in [0.25, 0.3) is 0 Å². The van der Waals surface area contributed by atoms with Gasteiger partial charge in [0.05, 0.1) is 18.6 Å². The van der Waals surface area contributed by atoms with Gasteiger partial charge in [-0.05, 0) is 13.3 Å². The first-order valence-corrected chi connectivity index (χ1v) is 3.73. The lowest BCUT2D eigenvalue weighted by Crippen LogP contribution is -2.22. The van der Waals surface area contributed by atoms with E-state index in [4.69, 9.17) is 4.74 Å². The molecule has 0 bridgehead atoms. The average molecular weight is 156 g/mol. The number of allylic oxidation sites excluding steroid dienone is 1. The monoisotopic (exact) mass is 156 g/mol. The first-order valence-electron chi connectivity index (χ1n) is 3.73. The van der Waals surface area contributed by atoms with Gasteiger partial charge in [-0.3, -0.25) is 4.79 Å². The smallest absolute Gasteiger partial charge is 0.312 e. The Morgan fingerprint density at radius 1 is 1.82 bits per heavy atom. The summed E-state index contributed by atoms with van der Waals surface area (Å²) in [6.07, 6.45) is 3.30. The molecule has 0 unspecified atom stereocenters. The molecule has 3 nitrogen and oxygen atoms in total. The van der Waals surface area contributed by atoms with Gasteiger partial charge in [-0.2, -0.15) is 0 Å². The third-order valence-corrected chi connectivity index (χ3v) is 1.78. The molecule has 3 heteroatoms. The Morgan fingerprint density at radius 3 is 3.00 bits per heavy atom. The van der Waals surface area contributed by atoms with Gasteiger partial charge in [-0.25, -0.2) is 0 Å². The fraction of sp³-hybridized carbons (Fsp3) is 0.625. The number of rotatable bonds is 2. The summed E-state index contributed by atoms with van der Waals surface area (Å²) in [6, 6.07) is 0. The minimum absolute atomic E-state index is 0.282. The number of hydrogen-bond donors (Lipinski definition) is 1. The Hall–Kier alpha value is -0.830. The fourth-order valence-electron chi connectivity index (χ4n) is 1.15. The summed E-state index contributed by atoms with van der Waals surface area (Å²) in [7, 11) is 0. The molecule has 2 atom stereocenters. The van der Waals surface area contributed by atoms with Gasteiger partial charge in [0.15, 0.2) is 0 Å². The summed E-state index contributed by atoms with van der Waals surface area (Å²) in [5.41, 5.74) is 0. The zero-order chi connectivity index (χ0) is 8.27. The van der Waals surface area contributed by atoms with Crippen molar-refractivity contribution < 1.29 is 14.6 Å². The van der Waals surface area contributed by atoms with E-state index in [1.807, 2.05) is 6.92 Å². The number of esters is 1. The molecule has 62 valence electrons. The molecule has 1 saturated heterocycles. The van der Waals surface area contributed by atoms with Crippen molar-refractivity contribution in [2.45, 2.75) is 19.4 Å². The number of aliphatic hydroxyl groups excluding tert-OH is 1. The second-order valence-electron chi connectivity index (χ2n) is 2.58. The molecule has 0 aromatic carbocycles. The second kappa shape index (κ2) is 3.53. The van der Waals surface area contributed by atoms with Crippen molar-refractivity contribution in [3.8, 4) is 0 Å². The number of ether oxygens (including phenoxy) is 1. The minimum Gasteiger partial charge on any atom is -0.465 e. The van der Waals surface area contributed by atoms with Crippen LogP contribution in [0, 0.1) is 5.92 Å². The van der Waals surface area contributed by atoms with E-state index < -0.39 is 6.10 Å². The molecule has 1 heterocycles. The van der Waals surface area contributed by atoms with Crippen molar-refractivity contribution >= 4 is 5.97 Å². The summed E-state index contributed by atoms with van der Waals surface area (Å²) in [5.74, 6) is -0.623. The van der Waals surface area contributed by atoms with Crippen LogP contribution < -0.4 is 0 Å². The maximum atomic E-state index is 10.9. The zero-order valence-corrected chi connectivity index (χ0v) is 6.49. The number of carbonyl (C=O) groups excluding carboxylic acids is 1. The van der Waals surface area contributed by atoms with E-state index in [9.17, 15) is 9.90 Å². The van der Waals surface area contributed by atoms with E-state index >= 15 is 0 Å². The molecule has 1 rings (SSSR count). The van der Waals surface area contributed by atoms with Gasteiger partial charge < -0.3 is 9.84 Å². The molecule has 1 aliphatic heterocycles. The van der Waals surface area contributed by atoms with Crippen LogP contribution in [0.3, 0.4) is 0 Å². The predicted octanol–water partition coefficient (Wildman–Crippen LogP) is 0.486. The number of carbonyl (C=O) groups is 1. The summed E-state index contributed by atoms with van der Waals surface area (Å²) in [4.78, 5) is 10.9. The van der Waals surface area contributed by atoms with Gasteiger partial charge in [0.1, 0.15) is 0 Å². The van der Waals surface area contributed by atoms with Crippen LogP contribution in [0.15, 0.2) is 12.2 Å². The van der Waals surface area contributed by atoms with Crippen LogP contribution in [0.5, 0.6) is 0 Å². The van der Waals surface area contributed by atoms with Gasteiger partial charge >= 0.3 is 5.97 Å². The molecular formula is C8H12O3. The number of cyclic esters (lactones) is 1. The lowest BCUT2D eigenvalue weighted by molar-refractivity contribution is -0.143. The van der Waals surface area contributed by atoms with Crippen molar-refractivity contribution in [1.82, 2.24) is 0 Å². The standard InChI is InChI=1S/C8H12O3/c1-2-3-7(9)6-4-5-11-8(6)10/h2-3,6-7,9H,4-5H2,1H3/b3-2+/t6-,7-/m1/s1. The van der Waals surface area contributed by atoms with E-state index in [0.29, 0.717) is 13.0 Å². The molecule has 11 heavy (non-hydrogen) atoms. The van der Waals surface area contributed by atoms with E-state index in [2.05, 4.69) is 0 Å². The summed E-state index contributed by atoms with van der Waals surface area (Å²) in [6.45, 7) is 2.25. The number of hydrogen-bond acceptors (Lipinski definition) is 3. The Labute approximate surface area is 65.7 Å². The van der Waals surface area contributed by atoms with Crippen LogP contribution in [0.1, 0.15) is 13.3 Å².